The number of hydrogen-bond donors (Lipinski definition) is 0. The van der Waals surface area contributed by atoms with Gasteiger partial charge in [-0.25, -0.2) is 0 Å². The van der Waals surface area contributed by atoms with E-state index in [-0.39, 0.29) is 6.10 Å². The Bertz CT molecular complexity index is 290. The SMILES string of the molecule is CCOC(OC)OC(C)c1ccsc1Br. The second-order valence-electron chi connectivity index (χ2n) is 2.91. The predicted octanol–water partition coefficient (Wildman–Crippen LogP) is 3.55. The molecule has 0 saturated heterocycles. The van der Waals surface area contributed by atoms with Crippen LogP contribution in [0.4, 0.5) is 0 Å². The predicted molar refractivity (Wildman–Crippen MR) is 63.9 cm³/mol. The maximum absolute atomic E-state index is 5.60. The Balaban J connectivity index is 2.54. The summed E-state index contributed by atoms with van der Waals surface area (Å²) >= 11 is 5.11. The molecule has 3 nitrogen and oxygen atoms in total. The van der Waals surface area contributed by atoms with E-state index in [4.69, 9.17) is 14.2 Å². The molecule has 0 spiro atoms. The summed E-state index contributed by atoms with van der Waals surface area (Å²) in [5, 5.41) is 2.02. The molecule has 0 aliphatic rings. The Hall–Kier alpha value is 0.0600. The van der Waals surface area contributed by atoms with E-state index in [0.29, 0.717) is 6.61 Å². The average Bonchev–Trinajstić information content (AvgIpc) is 2.63. The van der Waals surface area contributed by atoms with E-state index in [1.807, 2.05) is 25.3 Å². The molecule has 2 unspecified atom stereocenters. The summed E-state index contributed by atoms with van der Waals surface area (Å²) in [4.78, 5) is 0. The van der Waals surface area contributed by atoms with Gasteiger partial charge in [0.1, 0.15) is 0 Å². The van der Waals surface area contributed by atoms with Crippen molar-refractivity contribution in [2.45, 2.75) is 26.4 Å². The third-order valence-electron chi connectivity index (χ3n) is 1.89. The third kappa shape index (κ3) is 3.85. The first kappa shape index (κ1) is 13.1. The Kier molecular flexibility index (Phi) is 5.78. The van der Waals surface area contributed by atoms with Gasteiger partial charge in [-0.15, -0.1) is 11.3 Å². The van der Waals surface area contributed by atoms with Gasteiger partial charge in [0, 0.05) is 19.3 Å². The van der Waals surface area contributed by atoms with E-state index in [2.05, 4.69) is 15.9 Å². The fourth-order valence-corrected chi connectivity index (χ4v) is 2.62. The Morgan fingerprint density at radius 1 is 1.53 bits per heavy atom. The molecule has 0 aromatic carbocycles. The van der Waals surface area contributed by atoms with Crippen LogP contribution in [0.2, 0.25) is 0 Å². The molecule has 0 bridgehead atoms. The monoisotopic (exact) mass is 294 g/mol. The molecule has 0 N–H and O–H groups in total. The topological polar surface area (TPSA) is 27.7 Å². The second-order valence-corrected chi connectivity index (χ2v) is 5.14. The summed E-state index contributed by atoms with van der Waals surface area (Å²) in [6.45, 7) is 3.84. The van der Waals surface area contributed by atoms with Crippen molar-refractivity contribution in [1.29, 1.82) is 0 Å². The summed E-state index contributed by atoms with van der Waals surface area (Å²) < 4.78 is 17.0. The van der Waals surface area contributed by atoms with Gasteiger partial charge in [0.2, 0.25) is 0 Å². The lowest BCUT2D eigenvalue weighted by Crippen LogP contribution is -2.21. The van der Waals surface area contributed by atoms with Gasteiger partial charge >= 0.3 is 0 Å². The smallest absolute Gasteiger partial charge is 0.271 e. The van der Waals surface area contributed by atoms with Gasteiger partial charge in [0.25, 0.3) is 6.48 Å². The van der Waals surface area contributed by atoms with Crippen LogP contribution >= 0.6 is 27.3 Å². The van der Waals surface area contributed by atoms with Crippen molar-refractivity contribution in [1.82, 2.24) is 0 Å². The number of thiophene rings is 1. The molecule has 0 amide bonds. The lowest BCUT2D eigenvalue weighted by atomic mass is 10.2. The van der Waals surface area contributed by atoms with Gasteiger partial charge in [-0.1, -0.05) is 0 Å². The van der Waals surface area contributed by atoms with Gasteiger partial charge in [-0.2, -0.15) is 0 Å². The van der Waals surface area contributed by atoms with E-state index >= 15 is 0 Å². The van der Waals surface area contributed by atoms with Crippen LogP contribution in [0.5, 0.6) is 0 Å². The Morgan fingerprint density at radius 2 is 2.27 bits per heavy atom. The molecule has 0 aliphatic carbocycles. The van der Waals surface area contributed by atoms with Crippen molar-refractivity contribution in [2.75, 3.05) is 13.7 Å². The first-order valence-electron chi connectivity index (χ1n) is 4.71. The second kappa shape index (κ2) is 6.60. The molecule has 15 heavy (non-hydrogen) atoms. The van der Waals surface area contributed by atoms with Gasteiger partial charge in [0.05, 0.1) is 9.89 Å². The van der Waals surface area contributed by atoms with Crippen LogP contribution < -0.4 is 0 Å². The summed E-state index contributed by atoms with van der Waals surface area (Å²) in [6.07, 6.45) is -0.0536. The number of methoxy groups -OCH3 is 1. The van der Waals surface area contributed by atoms with E-state index in [9.17, 15) is 0 Å². The maximum Gasteiger partial charge on any atom is 0.271 e. The van der Waals surface area contributed by atoms with Gasteiger partial charge in [-0.05, 0) is 41.2 Å². The normalized spacial score (nSPS) is 15.2. The largest absolute Gasteiger partial charge is 0.333 e. The Labute approximate surface area is 102 Å². The molecule has 2 atom stereocenters. The zero-order valence-corrected chi connectivity index (χ0v) is 11.4. The molecular weight excluding hydrogens is 280 g/mol. The minimum Gasteiger partial charge on any atom is -0.333 e. The minimum absolute atomic E-state index is 0.0536. The quantitative estimate of drug-likeness (QED) is 0.751. The number of hydrogen-bond acceptors (Lipinski definition) is 4. The molecule has 0 aliphatic heterocycles. The molecule has 86 valence electrons. The summed E-state index contributed by atoms with van der Waals surface area (Å²) in [7, 11) is 1.57. The fourth-order valence-electron chi connectivity index (χ4n) is 1.13. The molecule has 0 radical (unpaired) electrons. The zero-order chi connectivity index (χ0) is 11.3. The number of rotatable bonds is 6. The molecule has 1 rings (SSSR count). The van der Waals surface area contributed by atoms with Crippen LogP contribution in [-0.2, 0) is 14.2 Å². The van der Waals surface area contributed by atoms with Crippen LogP contribution in [0.1, 0.15) is 25.5 Å². The van der Waals surface area contributed by atoms with Crippen LogP contribution in [0.15, 0.2) is 15.2 Å². The summed E-state index contributed by atoms with van der Waals surface area (Å²) in [5.74, 6) is 0. The van der Waals surface area contributed by atoms with Crippen molar-refractivity contribution in [3.63, 3.8) is 0 Å². The number of ether oxygens (including phenoxy) is 3. The first-order chi connectivity index (χ1) is 7.19. The molecule has 1 aromatic heterocycles. The van der Waals surface area contributed by atoms with Crippen LogP contribution in [0.25, 0.3) is 0 Å². The highest BCUT2D eigenvalue weighted by atomic mass is 79.9. The minimum atomic E-state index is -0.600. The molecular formula is C10H15BrO3S. The molecule has 5 heteroatoms. The van der Waals surface area contributed by atoms with Gasteiger partial charge in [0.15, 0.2) is 0 Å². The summed E-state index contributed by atoms with van der Waals surface area (Å²) in [5.41, 5.74) is 1.11. The van der Waals surface area contributed by atoms with Crippen molar-refractivity contribution < 1.29 is 14.2 Å². The van der Waals surface area contributed by atoms with Crippen molar-refractivity contribution in [3.8, 4) is 0 Å². The van der Waals surface area contributed by atoms with Crippen molar-refractivity contribution in [2.24, 2.45) is 0 Å². The molecule has 1 heterocycles. The highest BCUT2D eigenvalue weighted by Crippen LogP contribution is 2.31. The molecule has 0 saturated carbocycles. The molecule has 1 aromatic rings. The van der Waals surface area contributed by atoms with Crippen LogP contribution in [0, 0.1) is 0 Å². The Morgan fingerprint density at radius 3 is 2.73 bits per heavy atom. The van der Waals surface area contributed by atoms with Gasteiger partial charge < -0.3 is 14.2 Å². The maximum atomic E-state index is 5.60. The third-order valence-corrected chi connectivity index (χ3v) is 3.63. The lowest BCUT2D eigenvalue weighted by molar-refractivity contribution is -0.292. The van der Waals surface area contributed by atoms with E-state index in [1.54, 1.807) is 18.4 Å². The fraction of sp³-hybridized carbons (Fsp3) is 0.600. The van der Waals surface area contributed by atoms with Crippen LogP contribution in [-0.4, -0.2) is 20.2 Å². The highest BCUT2D eigenvalue weighted by molar-refractivity contribution is 9.11. The standard InChI is InChI=1S/C10H15BrO3S/c1-4-13-10(12-3)14-7(2)8-5-6-15-9(8)11/h5-7,10H,4H2,1-3H3. The van der Waals surface area contributed by atoms with E-state index in [0.717, 1.165) is 9.35 Å². The van der Waals surface area contributed by atoms with Gasteiger partial charge in [-0.3, -0.25) is 0 Å². The van der Waals surface area contributed by atoms with Crippen molar-refractivity contribution >= 4 is 27.3 Å². The summed E-state index contributed by atoms with van der Waals surface area (Å²) in [6, 6.07) is 2.03. The zero-order valence-electron chi connectivity index (χ0n) is 9.03. The lowest BCUT2D eigenvalue weighted by Gasteiger charge is -2.20. The van der Waals surface area contributed by atoms with E-state index in [1.165, 1.54) is 0 Å². The van der Waals surface area contributed by atoms with Crippen molar-refractivity contribution in [3.05, 3.63) is 20.8 Å². The van der Waals surface area contributed by atoms with Crippen LogP contribution in [0.3, 0.4) is 0 Å². The average molecular weight is 295 g/mol. The number of halogens is 1. The highest BCUT2D eigenvalue weighted by Gasteiger charge is 2.16. The first-order valence-corrected chi connectivity index (χ1v) is 6.39. The van der Waals surface area contributed by atoms with E-state index < -0.39 is 6.48 Å². The molecule has 0 fully saturated rings.